The molecule has 0 radical (unpaired) electrons. The van der Waals surface area contributed by atoms with Gasteiger partial charge in [-0.05, 0) is 38.2 Å². The quantitative estimate of drug-likeness (QED) is 0.803. The Bertz CT molecular complexity index is 323. The second-order valence-electron chi connectivity index (χ2n) is 5.30. The van der Waals surface area contributed by atoms with Crippen LogP contribution in [0.25, 0.3) is 0 Å². The molecular formula is C12H21N3. The van der Waals surface area contributed by atoms with Gasteiger partial charge < -0.3 is 5.32 Å². The van der Waals surface area contributed by atoms with Crippen LogP contribution in [0.15, 0.2) is 12.3 Å². The van der Waals surface area contributed by atoms with Gasteiger partial charge in [-0.1, -0.05) is 6.92 Å². The summed E-state index contributed by atoms with van der Waals surface area (Å²) in [5, 5.41) is 7.98. The summed E-state index contributed by atoms with van der Waals surface area (Å²) < 4.78 is 2.01. The van der Waals surface area contributed by atoms with E-state index in [2.05, 4.69) is 43.4 Å². The minimum absolute atomic E-state index is 0.458. The Morgan fingerprint density at radius 2 is 2.27 bits per heavy atom. The molecule has 84 valence electrons. The molecule has 0 saturated heterocycles. The summed E-state index contributed by atoms with van der Waals surface area (Å²) in [7, 11) is 0. The Morgan fingerprint density at radius 1 is 1.53 bits per heavy atom. The first-order chi connectivity index (χ1) is 7.09. The monoisotopic (exact) mass is 207 g/mol. The molecule has 15 heavy (non-hydrogen) atoms. The minimum Gasteiger partial charge on any atom is -0.311 e. The van der Waals surface area contributed by atoms with Gasteiger partial charge in [0, 0.05) is 25.3 Å². The highest BCUT2D eigenvalue weighted by atomic mass is 15.3. The first-order valence-electron chi connectivity index (χ1n) is 5.84. The maximum atomic E-state index is 4.50. The molecule has 1 aromatic heterocycles. The van der Waals surface area contributed by atoms with Gasteiger partial charge in [-0.25, -0.2) is 0 Å². The van der Waals surface area contributed by atoms with Crippen molar-refractivity contribution in [2.24, 2.45) is 5.41 Å². The highest BCUT2D eigenvalue weighted by molar-refractivity contribution is 5.00. The molecule has 0 spiro atoms. The van der Waals surface area contributed by atoms with E-state index in [1.807, 2.05) is 4.68 Å². The Kier molecular flexibility index (Phi) is 2.83. The molecule has 3 heteroatoms. The SMILES string of the molecule is CC(C)n1ccc(CNCC2(C)CC2)n1. The lowest BCUT2D eigenvalue weighted by molar-refractivity contribution is 0.486. The van der Waals surface area contributed by atoms with E-state index >= 15 is 0 Å². The number of nitrogens with zero attached hydrogens (tertiary/aromatic N) is 2. The Morgan fingerprint density at radius 3 is 2.80 bits per heavy atom. The molecule has 1 saturated carbocycles. The van der Waals surface area contributed by atoms with Crippen LogP contribution in [0.2, 0.25) is 0 Å². The molecule has 0 atom stereocenters. The van der Waals surface area contributed by atoms with Gasteiger partial charge in [-0.3, -0.25) is 4.68 Å². The number of hydrogen-bond acceptors (Lipinski definition) is 2. The number of aromatic nitrogens is 2. The molecule has 0 amide bonds. The zero-order valence-corrected chi connectivity index (χ0v) is 9.95. The zero-order chi connectivity index (χ0) is 10.9. The molecule has 3 nitrogen and oxygen atoms in total. The van der Waals surface area contributed by atoms with E-state index in [-0.39, 0.29) is 0 Å². The van der Waals surface area contributed by atoms with E-state index in [0.717, 1.165) is 18.8 Å². The summed E-state index contributed by atoms with van der Waals surface area (Å²) in [6, 6.07) is 2.56. The van der Waals surface area contributed by atoms with Crippen molar-refractivity contribution >= 4 is 0 Å². The smallest absolute Gasteiger partial charge is 0.0762 e. The van der Waals surface area contributed by atoms with Gasteiger partial charge in [-0.2, -0.15) is 5.10 Å². The van der Waals surface area contributed by atoms with Crippen LogP contribution >= 0.6 is 0 Å². The van der Waals surface area contributed by atoms with Gasteiger partial charge >= 0.3 is 0 Å². The third-order valence-corrected chi connectivity index (χ3v) is 3.15. The normalized spacial score (nSPS) is 18.4. The lowest BCUT2D eigenvalue weighted by Gasteiger charge is -2.08. The van der Waals surface area contributed by atoms with Gasteiger partial charge in [0.25, 0.3) is 0 Å². The fourth-order valence-electron chi connectivity index (χ4n) is 1.64. The second kappa shape index (κ2) is 3.97. The van der Waals surface area contributed by atoms with Gasteiger partial charge in [0.15, 0.2) is 0 Å². The number of hydrogen-bond donors (Lipinski definition) is 1. The van der Waals surface area contributed by atoms with E-state index in [9.17, 15) is 0 Å². The van der Waals surface area contributed by atoms with E-state index in [0.29, 0.717) is 11.5 Å². The molecule has 1 aliphatic rings. The summed E-state index contributed by atoms with van der Waals surface area (Å²) >= 11 is 0. The van der Waals surface area contributed by atoms with Crippen molar-refractivity contribution in [2.75, 3.05) is 6.54 Å². The molecule has 0 bridgehead atoms. The van der Waals surface area contributed by atoms with E-state index in [4.69, 9.17) is 0 Å². The van der Waals surface area contributed by atoms with Crippen molar-refractivity contribution in [3.05, 3.63) is 18.0 Å². The Labute approximate surface area is 91.9 Å². The topological polar surface area (TPSA) is 29.9 Å². The van der Waals surface area contributed by atoms with Crippen LogP contribution in [0.4, 0.5) is 0 Å². The summed E-state index contributed by atoms with van der Waals surface area (Å²) in [4.78, 5) is 0. The largest absolute Gasteiger partial charge is 0.311 e. The molecule has 0 aliphatic heterocycles. The highest BCUT2D eigenvalue weighted by Gasteiger charge is 2.36. The minimum atomic E-state index is 0.458. The molecule has 1 aromatic rings. The summed E-state index contributed by atoms with van der Waals surface area (Å²) in [6.45, 7) is 8.66. The maximum Gasteiger partial charge on any atom is 0.0762 e. The average molecular weight is 207 g/mol. The summed E-state index contributed by atoms with van der Waals surface area (Å²) in [6.07, 6.45) is 4.81. The van der Waals surface area contributed by atoms with Crippen LogP contribution in [0.1, 0.15) is 45.3 Å². The predicted octanol–water partition coefficient (Wildman–Crippen LogP) is 2.35. The van der Waals surface area contributed by atoms with Crippen LogP contribution in [0.3, 0.4) is 0 Å². The van der Waals surface area contributed by atoms with Gasteiger partial charge in [-0.15, -0.1) is 0 Å². The maximum absolute atomic E-state index is 4.50. The first-order valence-corrected chi connectivity index (χ1v) is 5.84. The molecule has 1 fully saturated rings. The lowest BCUT2D eigenvalue weighted by atomic mass is 10.1. The van der Waals surface area contributed by atoms with Gasteiger partial charge in [0.05, 0.1) is 5.69 Å². The third kappa shape index (κ3) is 2.81. The van der Waals surface area contributed by atoms with E-state index < -0.39 is 0 Å². The van der Waals surface area contributed by atoms with Crippen LogP contribution in [0, 0.1) is 5.41 Å². The van der Waals surface area contributed by atoms with Crippen LogP contribution < -0.4 is 5.32 Å². The molecule has 0 aromatic carbocycles. The number of rotatable bonds is 5. The highest BCUT2D eigenvalue weighted by Crippen LogP contribution is 2.44. The fourth-order valence-corrected chi connectivity index (χ4v) is 1.64. The van der Waals surface area contributed by atoms with Crippen molar-refractivity contribution in [3.63, 3.8) is 0 Å². The average Bonchev–Trinajstić information content (AvgIpc) is 2.74. The molecule has 1 N–H and O–H groups in total. The van der Waals surface area contributed by atoms with Gasteiger partial charge in [0.1, 0.15) is 0 Å². The standard InChI is InChI=1S/C12H21N3/c1-10(2)15-7-4-11(14-15)8-13-9-12(3)5-6-12/h4,7,10,13H,5-6,8-9H2,1-3H3. The Hall–Kier alpha value is -0.830. The van der Waals surface area contributed by atoms with Crippen LogP contribution in [-0.2, 0) is 6.54 Å². The van der Waals surface area contributed by atoms with Gasteiger partial charge in [0.2, 0.25) is 0 Å². The Balaban J connectivity index is 1.78. The van der Waals surface area contributed by atoms with Crippen molar-refractivity contribution in [1.82, 2.24) is 15.1 Å². The van der Waals surface area contributed by atoms with E-state index in [1.54, 1.807) is 0 Å². The van der Waals surface area contributed by atoms with Crippen molar-refractivity contribution < 1.29 is 0 Å². The summed E-state index contributed by atoms with van der Waals surface area (Å²) in [5.41, 5.74) is 1.73. The fraction of sp³-hybridized carbons (Fsp3) is 0.750. The van der Waals surface area contributed by atoms with Crippen molar-refractivity contribution in [2.45, 2.75) is 46.2 Å². The van der Waals surface area contributed by atoms with Crippen LogP contribution in [-0.4, -0.2) is 16.3 Å². The molecule has 1 heterocycles. The third-order valence-electron chi connectivity index (χ3n) is 3.15. The van der Waals surface area contributed by atoms with E-state index in [1.165, 1.54) is 12.8 Å². The molecule has 2 rings (SSSR count). The predicted molar refractivity (Wildman–Crippen MR) is 61.7 cm³/mol. The second-order valence-corrected chi connectivity index (χ2v) is 5.30. The zero-order valence-electron chi connectivity index (χ0n) is 9.95. The van der Waals surface area contributed by atoms with Crippen LogP contribution in [0.5, 0.6) is 0 Å². The molecular weight excluding hydrogens is 186 g/mol. The molecule has 0 unspecified atom stereocenters. The number of nitrogens with one attached hydrogen (secondary N) is 1. The first kappa shape index (κ1) is 10.7. The summed E-state index contributed by atoms with van der Waals surface area (Å²) in [5.74, 6) is 0. The van der Waals surface area contributed by atoms with Crippen molar-refractivity contribution in [3.8, 4) is 0 Å². The molecule has 1 aliphatic carbocycles. The lowest BCUT2D eigenvalue weighted by Crippen LogP contribution is -2.21. The van der Waals surface area contributed by atoms with Crippen molar-refractivity contribution in [1.29, 1.82) is 0 Å².